The third-order valence-corrected chi connectivity index (χ3v) is 3.16. The molecule has 16 heavy (non-hydrogen) atoms. The Kier molecular flexibility index (Phi) is 5.35. The van der Waals surface area contributed by atoms with Crippen molar-refractivity contribution < 1.29 is 4.79 Å². The summed E-state index contributed by atoms with van der Waals surface area (Å²) in [6.45, 7) is 2.52. The summed E-state index contributed by atoms with van der Waals surface area (Å²) in [4.78, 5) is 14.5. The maximum absolute atomic E-state index is 11.6. The van der Waals surface area contributed by atoms with E-state index in [2.05, 4.69) is 6.92 Å². The molecule has 0 aliphatic carbocycles. The average Bonchev–Trinajstić information content (AvgIpc) is 2.30. The van der Waals surface area contributed by atoms with Crippen LogP contribution in [-0.2, 0) is 4.79 Å². The molecule has 0 radical (unpaired) electrons. The van der Waals surface area contributed by atoms with Crippen LogP contribution in [0.5, 0.6) is 0 Å². The Bertz CT molecular complexity index is 337. The fraction of sp³-hybridized carbons (Fsp3) is 0.417. The quantitative estimate of drug-likeness (QED) is 0.799. The van der Waals surface area contributed by atoms with Gasteiger partial charge in [-0.2, -0.15) is 0 Å². The summed E-state index contributed by atoms with van der Waals surface area (Å²) < 4.78 is 0. The summed E-state index contributed by atoms with van der Waals surface area (Å²) in [6, 6.07) is 8.00. The number of hydrogen-bond donors (Lipinski definition) is 1. The molecule has 0 aliphatic rings. The summed E-state index contributed by atoms with van der Waals surface area (Å²) in [5.41, 5.74) is 6.27. The van der Waals surface area contributed by atoms with E-state index in [0.29, 0.717) is 13.0 Å². The van der Waals surface area contributed by atoms with E-state index in [1.54, 1.807) is 23.7 Å². The number of anilines is 1. The Hall–Kier alpha value is -1.00. The van der Waals surface area contributed by atoms with Gasteiger partial charge < -0.3 is 10.6 Å². The van der Waals surface area contributed by atoms with Crippen LogP contribution in [-0.4, -0.2) is 25.3 Å². The first kappa shape index (κ1) is 13.1. The number of hydrogen-bond acceptors (Lipinski definition) is 3. The highest BCUT2D eigenvalue weighted by atomic mass is 32.2. The lowest BCUT2D eigenvalue weighted by Gasteiger charge is -2.17. The molecular weight excluding hydrogens is 220 g/mol. The van der Waals surface area contributed by atoms with E-state index in [-0.39, 0.29) is 5.91 Å². The molecule has 0 unspecified atom stereocenters. The van der Waals surface area contributed by atoms with Gasteiger partial charge in [-0.05, 0) is 30.0 Å². The lowest BCUT2D eigenvalue weighted by Crippen LogP contribution is -2.27. The van der Waals surface area contributed by atoms with E-state index in [1.807, 2.05) is 24.3 Å². The molecule has 0 spiro atoms. The van der Waals surface area contributed by atoms with Gasteiger partial charge in [-0.1, -0.05) is 6.92 Å². The molecule has 0 atom stereocenters. The zero-order chi connectivity index (χ0) is 12.0. The normalized spacial score (nSPS) is 10.2. The first-order valence-electron chi connectivity index (χ1n) is 5.38. The minimum Gasteiger partial charge on any atom is -0.330 e. The lowest BCUT2D eigenvalue weighted by atomic mass is 10.3. The number of carbonyl (C=O) groups excluding carboxylic acids is 1. The van der Waals surface area contributed by atoms with Gasteiger partial charge in [-0.15, -0.1) is 11.8 Å². The first-order chi connectivity index (χ1) is 7.69. The molecule has 3 nitrogen and oxygen atoms in total. The summed E-state index contributed by atoms with van der Waals surface area (Å²) in [5.74, 6) is 1.11. The molecule has 1 amide bonds. The molecule has 88 valence electrons. The Labute approximate surface area is 101 Å². The summed E-state index contributed by atoms with van der Waals surface area (Å²) >= 11 is 1.79. The minimum absolute atomic E-state index is 0.0541. The van der Waals surface area contributed by atoms with Gasteiger partial charge in [-0.25, -0.2) is 0 Å². The second-order valence-corrected chi connectivity index (χ2v) is 4.76. The molecule has 2 N–H and O–H groups in total. The van der Waals surface area contributed by atoms with E-state index in [4.69, 9.17) is 5.73 Å². The number of benzene rings is 1. The van der Waals surface area contributed by atoms with Crippen LogP contribution >= 0.6 is 11.8 Å². The van der Waals surface area contributed by atoms with Gasteiger partial charge in [0.1, 0.15) is 0 Å². The Balaban J connectivity index is 2.69. The number of rotatable bonds is 5. The number of nitrogens with two attached hydrogens (primary N) is 1. The van der Waals surface area contributed by atoms with Crippen molar-refractivity contribution in [2.45, 2.75) is 18.2 Å². The predicted molar refractivity (Wildman–Crippen MR) is 69.9 cm³/mol. The van der Waals surface area contributed by atoms with E-state index >= 15 is 0 Å². The molecule has 1 aromatic carbocycles. The van der Waals surface area contributed by atoms with Crippen LogP contribution in [0.15, 0.2) is 29.2 Å². The maximum Gasteiger partial charge on any atom is 0.227 e. The summed E-state index contributed by atoms with van der Waals surface area (Å²) in [7, 11) is 1.78. The van der Waals surface area contributed by atoms with Gasteiger partial charge in [0.15, 0.2) is 0 Å². The van der Waals surface area contributed by atoms with Gasteiger partial charge in [0.25, 0.3) is 0 Å². The third kappa shape index (κ3) is 3.54. The Morgan fingerprint density at radius 3 is 2.50 bits per heavy atom. The van der Waals surface area contributed by atoms with E-state index in [1.165, 1.54) is 4.90 Å². The number of thioether (sulfide) groups is 1. The van der Waals surface area contributed by atoms with Crippen molar-refractivity contribution in [1.29, 1.82) is 0 Å². The van der Waals surface area contributed by atoms with E-state index in [0.717, 1.165) is 11.4 Å². The molecule has 0 saturated carbocycles. The second kappa shape index (κ2) is 6.55. The second-order valence-electron chi connectivity index (χ2n) is 3.42. The van der Waals surface area contributed by atoms with Crippen LogP contribution in [0.1, 0.15) is 13.3 Å². The van der Waals surface area contributed by atoms with Crippen molar-refractivity contribution in [3.63, 3.8) is 0 Å². The predicted octanol–water partition coefficient (Wildman–Crippen LogP) is 2.11. The summed E-state index contributed by atoms with van der Waals surface area (Å²) in [6.07, 6.45) is 0.391. The smallest absolute Gasteiger partial charge is 0.227 e. The zero-order valence-electron chi connectivity index (χ0n) is 9.77. The van der Waals surface area contributed by atoms with Crippen LogP contribution in [0.25, 0.3) is 0 Å². The fourth-order valence-corrected chi connectivity index (χ4v) is 2.03. The molecule has 0 bridgehead atoms. The van der Waals surface area contributed by atoms with Crippen LogP contribution in [0, 0.1) is 0 Å². The molecule has 0 fully saturated rings. The molecule has 0 aliphatic heterocycles. The number of nitrogens with zero attached hydrogens (tertiary/aromatic N) is 1. The van der Waals surface area contributed by atoms with Crippen LogP contribution < -0.4 is 10.6 Å². The highest BCUT2D eigenvalue weighted by Gasteiger charge is 2.09. The Morgan fingerprint density at radius 1 is 1.38 bits per heavy atom. The maximum atomic E-state index is 11.6. The molecule has 1 aromatic rings. The first-order valence-corrected chi connectivity index (χ1v) is 6.37. The highest BCUT2D eigenvalue weighted by Crippen LogP contribution is 2.21. The largest absolute Gasteiger partial charge is 0.330 e. The zero-order valence-corrected chi connectivity index (χ0v) is 10.6. The monoisotopic (exact) mass is 238 g/mol. The fourth-order valence-electron chi connectivity index (χ4n) is 1.37. The van der Waals surface area contributed by atoms with Gasteiger partial charge >= 0.3 is 0 Å². The minimum atomic E-state index is 0.0541. The van der Waals surface area contributed by atoms with Crippen molar-refractivity contribution in [2.75, 3.05) is 24.2 Å². The van der Waals surface area contributed by atoms with Gasteiger partial charge in [-0.3, -0.25) is 4.79 Å². The molecule has 1 rings (SSSR count). The van der Waals surface area contributed by atoms with Crippen molar-refractivity contribution in [2.24, 2.45) is 5.73 Å². The highest BCUT2D eigenvalue weighted by molar-refractivity contribution is 7.99. The Morgan fingerprint density at radius 2 is 2.00 bits per heavy atom. The van der Waals surface area contributed by atoms with Crippen molar-refractivity contribution in [1.82, 2.24) is 0 Å². The SMILES string of the molecule is CCSc1ccc(N(C)C(=O)CCN)cc1. The van der Waals surface area contributed by atoms with Crippen molar-refractivity contribution in [3.05, 3.63) is 24.3 Å². The molecule has 0 aromatic heterocycles. The third-order valence-electron chi connectivity index (χ3n) is 2.27. The molecule has 4 heteroatoms. The van der Waals surface area contributed by atoms with Gasteiger partial charge in [0.2, 0.25) is 5.91 Å². The summed E-state index contributed by atoms with van der Waals surface area (Å²) in [5, 5.41) is 0. The standard InChI is InChI=1S/C12H18N2OS/c1-3-16-11-6-4-10(5-7-11)14(2)12(15)8-9-13/h4-7H,3,8-9,13H2,1-2H3. The number of carbonyl (C=O) groups is 1. The van der Waals surface area contributed by atoms with Gasteiger partial charge in [0, 0.05) is 30.6 Å². The average molecular weight is 238 g/mol. The van der Waals surface area contributed by atoms with Crippen molar-refractivity contribution >= 4 is 23.4 Å². The number of amides is 1. The molecule has 0 heterocycles. The van der Waals surface area contributed by atoms with E-state index in [9.17, 15) is 4.79 Å². The van der Waals surface area contributed by atoms with Crippen molar-refractivity contribution in [3.8, 4) is 0 Å². The molecular formula is C12H18N2OS. The van der Waals surface area contributed by atoms with E-state index < -0.39 is 0 Å². The van der Waals surface area contributed by atoms with Crippen LogP contribution in [0.3, 0.4) is 0 Å². The van der Waals surface area contributed by atoms with Crippen LogP contribution in [0.4, 0.5) is 5.69 Å². The molecule has 0 saturated heterocycles. The van der Waals surface area contributed by atoms with Gasteiger partial charge in [0.05, 0.1) is 0 Å². The van der Waals surface area contributed by atoms with Crippen LogP contribution in [0.2, 0.25) is 0 Å². The lowest BCUT2D eigenvalue weighted by molar-refractivity contribution is -0.118. The topological polar surface area (TPSA) is 46.3 Å².